The molecule has 1 heterocycles. The molecule has 0 atom stereocenters. The molecular formula is C12H18BrN3O2. The van der Waals surface area contributed by atoms with Crippen LogP contribution in [0.25, 0.3) is 0 Å². The molecule has 0 saturated carbocycles. The maximum absolute atomic E-state index is 11.8. The number of carbonyl (C=O) groups excluding carboxylic acids is 1. The normalized spacial score (nSPS) is 10.7. The summed E-state index contributed by atoms with van der Waals surface area (Å²) < 4.78 is 0.869. The quantitative estimate of drug-likeness (QED) is 0.800. The van der Waals surface area contributed by atoms with E-state index in [9.17, 15) is 4.79 Å². The van der Waals surface area contributed by atoms with Crippen LogP contribution in [0.1, 0.15) is 13.3 Å². The van der Waals surface area contributed by atoms with Crippen molar-refractivity contribution in [1.82, 2.24) is 9.88 Å². The number of nitrogens with one attached hydrogen (secondary N) is 1. The average molecular weight is 316 g/mol. The van der Waals surface area contributed by atoms with Gasteiger partial charge in [0.2, 0.25) is 5.91 Å². The molecule has 0 spiro atoms. The van der Waals surface area contributed by atoms with E-state index in [0.29, 0.717) is 12.4 Å². The van der Waals surface area contributed by atoms with E-state index in [1.807, 2.05) is 17.9 Å². The third-order valence-corrected chi connectivity index (χ3v) is 2.79. The molecule has 0 aliphatic carbocycles. The third kappa shape index (κ3) is 5.57. The van der Waals surface area contributed by atoms with Crippen LogP contribution in [0.2, 0.25) is 0 Å². The predicted octanol–water partition coefficient (Wildman–Crippen LogP) is 1.49. The van der Waals surface area contributed by atoms with Gasteiger partial charge in [-0.15, -0.1) is 0 Å². The molecule has 6 heteroatoms. The summed E-state index contributed by atoms with van der Waals surface area (Å²) in [6, 6.07) is 3.55. The number of anilines is 1. The minimum atomic E-state index is -0.119. The van der Waals surface area contributed by atoms with E-state index in [0.717, 1.165) is 17.4 Å². The van der Waals surface area contributed by atoms with Crippen LogP contribution < -0.4 is 5.32 Å². The van der Waals surface area contributed by atoms with Crippen molar-refractivity contribution in [2.24, 2.45) is 0 Å². The Bertz CT molecular complexity index is 364. The van der Waals surface area contributed by atoms with Crippen molar-refractivity contribution in [2.45, 2.75) is 13.3 Å². The molecule has 0 unspecified atom stereocenters. The minimum Gasteiger partial charge on any atom is -0.395 e. The van der Waals surface area contributed by atoms with Gasteiger partial charge in [0.15, 0.2) is 0 Å². The fraction of sp³-hybridized carbons (Fsp3) is 0.500. The standard InChI is InChI=1S/C12H18BrN3O2/c1-2-5-16(6-7-17)9-12(18)15-11-4-3-10(13)8-14-11/h3-4,8,17H,2,5-7,9H2,1H3,(H,14,15,18). The number of aliphatic hydroxyl groups is 1. The summed E-state index contributed by atoms with van der Waals surface area (Å²) >= 11 is 3.28. The fourth-order valence-corrected chi connectivity index (χ4v) is 1.80. The number of rotatable bonds is 7. The number of hydrogen-bond donors (Lipinski definition) is 2. The molecule has 100 valence electrons. The number of carbonyl (C=O) groups is 1. The molecule has 1 amide bonds. The summed E-state index contributed by atoms with van der Waals surface area (Å²) in [5.41, 5.74) is 0. The highest BCUT2D eigenvalue weighted by Gasteiger charge is 2.09. The molecule has 0 saturated heterocycles. The molecule has 1 aromatic rings. The Hall–Kier alpha value is -0.980. The van der Waals surface area contributed by atoms with Crippen LogP contribution in [0, 0.1) is 0 Å². The second-order valence-electron chi connectivity index (χ2n) is 3.91. The Kier molecular flexibility index (Phi) is 6.85. The summed E-state index contributed by atoms with van der Waals surface area (Å²) in [5.74, 6) is 0.412. The van der Waals surface area contributed by atoms with Crippen LogP contribution in [-0.2, 0) is 4.79 Å². The van der Waals surface area contributed by atoms with Crippen molar-refractivity contribution >= 4 is 27.7 Å². The SMILES string of the molecule is CCCN(CCO)CC(=O)Nc1ccc(Br)cn1. The molecule has 1 aromatic heterocycles. The van der Waals surface area contributed by atoms with E-state index in [2.05, 4.69) is 26.2 Å². The molecule has 0 aliphatic rings. The van der Waals surface area contributed by atoms with Gasteiger partial charge in [-0.1, -0.05) is 6.92 Å². The number of aliphatic hydroxyl groups excluding tert-OH is 1. The summed E-state index contributed by atoms with van der Waals surface area (Å²) in [6.07, 6.45) is 2.58. The maximum atomic E-state index is 11.8. The average Bonchev–Trinajstić information content (AvgIpc) is 2.33. The Morgan fingerprint density at radius 3 is 2.83 bits per heavy atom. The number of hydrogen-bond acceptors (Lipinski definition) is 4. The van der Waals surface area contributed by atoms with Crippen LogP contribution in [0.3, 0.4) is 0 Å². The van der Waals surface area contributed by atoms with Gasteiger partial charge in [-0.3, -0.25) is 9.69 Å². The third-order valence-electron chi connectivity index (χ3n) is 2.32. The van der Waals surface area contributed by atoms with Crippen LogP contribution in [0.5, 0.6) is 0 Å². The molecule has 5 nitrogen and oxygen atoms in total. The van der Waals surface area contributed by atoms with E-state index in [1.54, 1.807) is 12.3 Å². The first kappa shape index (κ1) is 15.1. The number of amides is 1. The number of pyridine rings is 1. The second-order valence-corrected chi connectivity index (χ2v) is 4.83. The Balaban J connectivity index is 2.46. The molecule has 0 fully saturated rings. The summed E-state index contributed by atoms with van der Waals surface area (Å²) in [4.78, 5) is 17.8. The van der Waals surface area contributed by atoms with Crippen LogP contribution in [0.4, 0.5) is 5.82 Å². The highest BCUT2D eigenvalue weighted by molar-refractivity contribution is 9.10. The van der Waals surface area contributed by atoms with Crippen LogP contribution >= 0.6 is 15.9 Å². The lowest BCUT2D eigenvalue weighted by Gasteiger charge is -2.19. The van der Waals surface area contributed by atoms with E-state index in [1.165, 1.54) is 0 Å². The van der Waals surface area contributed by atoms with E-state index in [-0.39, 0.29) is 19.1 Å². The first-order valence-electron chi connectivity index (χ1n) is 5.90. The smallest absolute Gasteiger partial charge is 0.239 e. The lowest BCUT2D eigenvalue weighted by atomic mass is 10.3. The molecular weight excluding hydrogens is 298 g/mol. The summed E-state index contributed by atoms with van der Waals surface area (Å²) in [6.45, 7) is 3.67. The van der Waals surface area contributed by atoms with Gasteiger partial charge < -0.3 is 10.4 Å². The Morgan fingerprint density at radius 1 is 1.50 bits per heavy atom. The first-order chi connectivity index (χ1) is 8.65. The summed E-state index contributed by atoms with van der Waals surface area (Å²) in [7, 11) is 0. The van der Waals surface area contributed by atoms with Crippen molar-refractivity contribution in [3.05, 3.63) is 22.8 Å². The topological polar surface area (TPSA) is 65.5 Å². The Morgan fingerprint density at radius 2 is 2.28 bits per heavy atom. The molecule has 18 heavy (non-hydrogen) atoms. The lowest BCUT2D eigenvalue weighted by molar-refractivity contribution is -0.117. The Labute approximate surface area is 115 Å². The van der Waals surface area contributed by atoms with Gasteiger partial charge in [-0.25, -0.2) is 4.98 Å². The number of nitrogens with zero attached hydrogens (tertiary/aromatic N) is 2. The van der Waals surface area contributed by atoms with Crippen molar-refractivity contribution in [3.63, 3.8) is 0 Å². The highest BCUT2D eigenvalue weighted by atomic mass is 79.9. The fourth-order valence-electron chi connectivity index (χ4n) is 1.56. The van der Waals surface area contributed by atoms with Crippen molar-refractivity contribution in [2.75, 3.05) is 31.6 Å². The number of halogens is 1. The number of aromatic nitrogens is 1. The van der Waals surface area contributed by atoms with Gasteiger partial charge in [0.25, 0.3) is 0 Å². The van der Waals surface area contributed by atoms with Gasteiger partial charge in [-0.05, 0) is 41.0 Å². The monoisotopic (exact) mass is 315 g/mol. The predicted molar refractivity (Wildman–Crippen MR) is 74.4 cm³/mol. The zero-order chi connectivity index (χ0) is 13.4. The second kappa shape index (κ2) is 8.18. The zero-order valence-electron chi connectivity index (χ0n) is 10.4. The molecule has 2 N–H and O–H groups in total. The van der Waals surface area contributed by atoms with Crippen molar-refractivity contribution in [3.8, 4) is 0 Å². The van der Waals surface area contributed by atoms with Gasteiger partial charge in [0.05, 0.1) is 13.2 Å². The zero-order valence-corrected chi connectivity index (χ0v) is 12.0. The van der Waals surface area contributed by atoms with Crippen LogP contribution in [0.15, 0.2) is 22.8 Å². The van der Waals surface area contributed by atoms with Crippen molar-refractivity contribution < 1.29 is 9.90 Å². The van der Waals surface area contributed by atoms with Crippen LogP contribution in [-0.4, -0.2) is 47.1 Å². The van der Waals surface area contributed by atoms with E-state index >= 15 is 0 Å². The van der Waals surface area contributed by atoms with Gasteiger partial charge in [0.1, 0.15) is 5.82 Å². The molecule has 0 aromatic carbocycles. The molecule has 0 aliphatic heterocycles. The lowest BCUT2D eigenvalue weighted by Crippen LogP contribution is -2.35. The molecule has 0 bridgehead atoms. The summed E-state index contributed by atoms with van der Waals surface area (Å²) in [5, 5.41) is 11.6. The van der Waals surface area contributed by atoms with E-state index < -0.39 is 0 Å². The largest absolute Gasteiger partial charge is 0.395 e. The maximum Gasteiger partial charge on any atom is 0.239 e. The van der Waals surface area contributed by atoms with Gasteiger partial charge in [-0.2, -0.15) is 0 Å². The van der Waals surface area contributed by atoms with Crippen molar-refractivity contribution in [1.29, 1.82) is 0 Å². The first-order valence-corrected chi connectivity index (χ1v) is 6.69. The minimum absolute atomic E-state index is 0.0593. The highest BCUT2D eigenvalue weighted by Crippen LogP contribution is 2.10. The van der Waals surface area contributed by atoms with E-state index in [4.69, 9.17) is 5.11 Å². The molecule has 0 radical (unpaired) electrons. The van der Waals surface area contributed by atoms with Gasteiger partial charge >= 0.3 is 0 Å². The van der Waals surface area contributed by atoms with Gasteiger partial charge in [0, 0.05) is 17.2 Å². The molecule has 1 rings (SSSR count).